The van der Waals surface area contributed by atoms with Gasteiger partial charge in [-0.25, -0.2) is 0 Å². The van der Waals surface area contributed by atoms with Crippen LogP contribution in [-0.4, -0.2) is 144 Å². The first kappa shape index (κ1) is 48.6. The maximum absolute atomic E-state index is 14.4. The van der Waals surface area contributed by atoms with Crippen LogP contribution in [0.5, 0.6) is 0 Å². The van der Waals surface area contributed by atoms with E-state index in [1.807, 2.05) is 32.9 Å². The Labute approximate surface area is 372 Å². The lowest BCUT2D eigenvalue weighted by Crippen LogP contribution is -2.58. The first-order valence-electron chi connectivity index (χ1n) is 23.0. The van der Waals surface area contributed by atoms with Crippen LogP contribution in [0.4, 0.5) is 0 Å². The summed E-state index contributed by atoms with van der Waals surface area (Å²) in [4.78, 5) is 14.4. The number of aliphatic hydroxyl groups is 4. The highest BCUT2D eigenvalue weighted by Crippen LogP contribution is 2.49. The Morgan fingerprint density at radius 2 is 1.56 bits per heavy atom. The Bertz CT molecular complexity index is 1760. The number of hydrogen-bond donors (Lipinski definition) is 4. The zero-order valence-corrected chi connectivity index (χ0v) is 38.5. The van der Waals surface area contributed by atoms with Crippen molar-refractivity contribution in [2.24, 2.45) is 23.7 Å². The van der Waals surface area contributed by atoms with Crippen molar-refractivity contribution < 1.29 is 72.6 Å². The Balaban J connectivity index is 1.20. The van der Waals surface area contributed by atoms with Crippen LogP contribution in [-0.2, 0) is 52.2 Å². The second kappa shape index (κ2) is 19.9. The second-order valence-corrected chi connectivity index (χ2v) is 19.1. The minimum absolute atomic E-state index is 0.0314. The van der Waals surface area contributed by atoms with Crippen LogP contribution < -0.4 is 0 Å². The van der Waals surface area contributed by atoms with Crippen LogP contribution in [0.25, 0.3) is 0 Å². The maximum atomic E-state index is 14.4. The molecule has 1 aliphatic carbocycles. The number of carbonyl (C=O) groups excluding carboxylic acids is 1. The summed E-state index contributed by atoms with van der Waals surface area (Å²) in [7, 11) is 3.19. The summed E-state index contributed by atoms with van der Waals surface area (Å²) in [5, 5.41) is 45.5. The number of aliphatic hydroxyl groups excluding tert-OH is 3. The summed E-state index contributed by atoms with van der Waals surface area (Å²) in [5.41, 5.74) is -0.749. The summed E-state index contributed by atoms with van der Waals surface area (Å²) in [6.45, 7) is 15.8. The van der Waals surface area contributed by atoms with Gasteiger partial charge in [-0.05, 0) is 57.3 Å². The van der Waals surface area contributed by atoms with Crippen molar-refractivity contribution in [2.75, 3.05) is 14.2 Å². The highest BCUT2D eigenvalue weighted by molar-refractivity contribution is 5.78. The minimum atomic E-state index is -2.11. The van der Waals surface area contributed by atoms with E-state index in [1.165, 1.54) is 6.08 Å². The van der Waals surface area contributed by atoms with E-state index in [4.69, 9.17) is 47.4 Å². The molecule has 0 saturated carbocycles. The van der Waals surface area contributed by atoms with Crippen molar-refractivity contribution in [3.63, 3.8) is 0 Å². The van der Waals surface area contributed by atoms with Gasteiger partial charge in [-0.15, -0.1) is 0 Å². The third-order valence-corrected chi connectivity index (χ3v) is 14.6. The lowest BCUT2D eigenvalue weighted by Gasteiger charge is -2.48. The quantitative estimate of drug-likeness (QED) is 0.194. The zero-order chi connectivity index (χ0) is 45.5. The van der Waals surface area contributed by atoms with Crippen molar-refractivity contribution in [1.82, 2.24) is 0 Å². The van der Waals surface area contributed by atoms with Gasteiger partial charge < -0.3 is 67.8 Å². The normalized spacial score (nSPS) is 47.6. The van der Waals surface area contributed by atoms with Crippen LogP contribution in [0.3, 0.4) is 0 Å². The third-order valence-electron chi connectivity index (χ3n) is 14.6. The van der Waals surface area contributed by atoms with Gasteiger partial charge in [0.1, 0.15) is 42.0 Å². The number of carbonyl (C=O) groups is 1. The summed E-state index contributed by atoms with van der Waals surface area (Å²) in [5.74, 6) is -3.04. The van der Waals surface area contributed by atoms with Gasteiger partial charge in [0.05, 0.1) is 42.7 Å². The highest BCUT2D eigenvalue weighted by Gasteiger charge is 2.63. The number of allylic oxidation sites excluding steroid dienone is 2. The predicted molar refractivity (Wildman–Crippen MR) is 228 cm³/mol. The van der Waals surface area contributed by atoms with E-state index < -0.39 is 109 Å². The molecule has 7 aliphatic rings. The van der Waals surface area contributed by atoms with Gasteiger partial charge in [-0.1, -0.05) is 70.6 Å². The molecule has 21 atom stereocenters. The molecule has 0 amide bonds. The smallest absolute Gasteiger partial charge is 0.316 e. The molecular weight excluding hydrogens is 817 g/mol. The highest BCUT2D eigenvalue weighted by atomic mass is 16.7. The van der Waals surface area contributed by atoms with Crippen molar-refractivity contribution in [1.29, 1.82) is 0 Å². The molecule has 4 N–H and O–H groups in total. The molecule has 1 unspecified atom stereocenters. The first-order valence-corrected chi connectivity index (χ1v) is 23.0. The summed E-state index contributed by atoms with van der Waals surface area (Å²) >= 11 is 0. The Hall–Kier alpha value is -2.35. The van der Waals surface area contributed by atoms with Crippen molar-refractivity contribution in [3.05, 3.63) is 59.3 Å². The number of rotatable bonds is 8. The monoisotopic (exact) mass is 888 g/mol. The van der Waals surface area contributed by atoms with Gasteiger partial charge in [-0.3, -0.25) is 4.79 Å². The van der Waals surface area contributed by atoms with Crippen LogP contribution in [0.15, 0.2) is 59.3 Å². The standard InChI is InChI=1S/C48H72O15/c1-11-24(2)42-27(5)17-18-47(63-42)23-32-20-31(62-47)16-15-26(4)41(59-38-22-36(55-10)43(30(8)57-38)60-37-21-35(54-9)40(50)29(7)56-37)25(3)13-12-14-33-45(51)61-44-39(49)28(6)19-34(46(52)58-32)48(33,44)53/h12-15,17-19,24-25,27,29-32,34-45,49-51,53H,11,16,20-23H2,1-10H3/t24-,25-,27-,29-,30-,31+,32-,34-,35-,36-,37-,38-,39+,40-,41-,42+,43-,44+,45?,47+,48+/m0/s1. The molecule has 15 heteroatoms. The largest absolute Gasteiger partial charge is 0.462 e. The van der Waals surface area contributed by atoms with E-state index in [1.54, 1.807) is 40.2 Å². The maximum Gasteiger partial charge on any atom is 0.316 e. The molecule has 7 rings (SSSR count). The van der Waals surface area contributed by atoms with Crippen LogP contribution in [0.2, 0.25) is 0 Å². The van der Waals surface area contributed by atoms with Gasteiger partial charge in [0.15, 0.2) is 24.7 Å². The fourth-order valence-corrected chi connectivity index (χ4v) is 10.6. The third kappa shape index (κ3) is 9.88. The van der Waals surface area contributed by atoms with E-state index in [-0.39, 0.29) is 35.9 Å². The number of hydrogen-bond acceptors (Lipinski definition) is 15. The molecule has 6 aliphatic heterocycles. The number of fused-ring (bicyclic) bond motifs is 2. The molecule has 354 valence electrons. The molecule has 2 bridgehead atoms. The van der Waals surface area contributed by atoms with E-state index >= 15 is 0 Å². The zero-order valence-electron chi connectivity index (χ0n) is 38.5. The second-order valence-electron chi connectivity index (χ2n) is 19.1. The molecule has 1 spiro atoms. The number of ether oxygens (including phenoxy) is 10. The van der Waals surface area contributed by atoms with Gasteiger partial charge in [0.2, 0.25) is 0 Å². The molecule has 0 radical (unpaired) electrons. The van der Waals surface area contributed by atoms with Crippen molar-refractivity contribution in [3.8, 4) is 0 Å². The van der Waals surface area contributed by atoms with Gasteiger partial charge >= 0.3 is 5.97 Å². The van der Waals surface area contributed by atoms with Crippen LogP contribution >= 0.6 is 0 Å². The predicted octanol–water partition coefficient (Wildman–Crippen LogP) is 4.70. The topological polar surface area (TPSA) is 190 Å². The lowest BCUT2D eigenvalue weighted by atomic mass is 9.70. The van der Waals surface area contributed by atoms with Gasteiger partial charge in [-0.2, -0.15) is 0 Å². The lowest BCUT2D eigenvalue weighted by molar-refractivity contribution is -0.318. The Kier molecular flexibility index (Phi) is 15.3. The molecule has 4 saturated heterocycles. The Morgan fingerprint density at radius 3 is 2.27 bits per heavy atom. The van der Waals surface area contributed by atoms with E-state index in [0.29, 0.717) is 31.3 Å². The molecule has 63 heavy (non-hydrogen) atoms. The average Bonchev–Trinajstić information content (AvgIpc) is 3.51. The van der Waals surface area contributed by atoms with Crippen LogP contribution in [0, 0.1) is 23.7 Å². The van der Waals surface area contributed by atoms with E-state index in [2.05, 4.69) is 32.9 Å². The summed E-state index contributed by atoms with van der Waals surface area (Å²) < 4.78 is 63.3. The Morgan fingerprint density at radius 1 is 0.857 bits per heavy atom. The molecule has 0 aromatic carbocycles. The van der Waals surface area contributed by atoms with E-state index in [9.17, 15) is 25.2 Å². The van der Waals surface area contributed by atoms with Gasteiger partial charge in [0.25, 0.3) is 0 Å². The molecule has 15 nitrogen and oxygen atoms in total. The van der Waals surface area contributed by atoms with Gasteiger partial charge in [0, 0.05) is 57.3 Å². The molecule has 0 aromatic heterocycles. The average molecular weight is 889 g/mol. The summed E-state index contributed by atoms with van der Waals surface area (Å²) in [6, 6.07) is 0. The fraction of sp³-hybridized carbons (Fsp3) is 0.771. The van der Waals surface area contributed by atoms with Crippen molar-refractivity contribution >= 4 is 5.97 Å². The molecule has 4 fully saturated rings. The van der Waals surface area contributed by atoms with Crippen molar-refractivity contribution in [2.45, 2.75) is 197 Å². The van der Waals surface area contributed by atoms with E-state index in [0.717, 1.165) is 12.0 Å². The number of esters is 1. The minimum Gasteiger partial charge on any atom is -0.462 e. The first-order chi connectivity index (χ1) is 29.9. The SMILES string of the molecule is CC[C@H](C)[C@H]1O[C@]2(C=C[C@@H]1C)C[C@@H]1C[C@@H](CC=C(C)[C@@H](O[C@H]3C[C@H](OC)[C@@H](O[C@H]4C[C@H](OC)[C@@H](O)[C@H](C)O4)[C@H](C)O3)[C@@H](C)C=CC=C3C(O)O[C@@H]4[C@H](O)C(C)=C[C@@H](C(=O)O1)[C@]34O)O2. The summed E-state index contributed by atoms with van der Waals surface area (Å²) in [6.07, 6.45) is 5.19. The molecule has 6 heterocycles. The van der Waals surface area contributed by atoms with Crippen LogP contribution in [0.1, 0.15) is 93.9 Å². The molecule has 0 aromatic rings. The fourth-order valence-electron chi connectivity index (χ4n) is 10.6. The number of methoxy groups -OCH3 is 2. The molecular formula is C48H72O15.